The van der Waals surface area contributed by atoms with Crippen LogP contribution in [0, 0.1) is 19.8 Å². The number of hydrogen-bond acceptors (Lipinski definition) is 3. The number of hydrogen-bond donors (Lipinski definition) is 2. The number of halogens is 1. The average molecular weight is 573 g/mol. The molecule has 1 amide bonds. The van der Waals surface area contributed by atoms with E-state index in [2.05, 4.69) is 49.7 Å². The fourth-order valence-corrected chi connectivity index (χ4v) is 5.53. The summed E-state index contributed by atoms with van der Waals surface area (Å²) in [5.74, 6) is -0.0725. The molecule has 0 aliphatic heterocycles. The summed E-state index contributed by atoms with van der Waals surface area (Å²) in [5, 5.41) is 14.3. The van der Waals surface area contributed by atoms with Crippen molar-refractivity contribution in [2.45, 2.75) is 72.1 Å². The molecule has 1 heterocycles. The SMILES string of the molecule is Cc1c(C)n(Cc2cc(OC(C(=O)O)C3CC3)ccc2Cl)c2ccc(C(=O)N[C@@H](C)c3cccc(C(C)C)c3)cc12. The van der Waals surface area contributed by atoms with Crippen molar-refractivity contribution >= 4 is 34.4 Å². The highest BCUT2D eigenvalue weighted by Crippen LogP contribution is 2.36. The predicted molar refractivity (Wildman–Crippen MR) is 163 cm³/mol. The third-order valence-corrected chi connectivity index (χ3v) is 8.60. The van der Waals surface area contributed by atoms with Gasteiger partial charge < -0.3 is 19.7 Å². The molecule has 6 nitrogen and oxygen atoms in total. The van der Waals surface area contributed by atoms with Crippen LogP contribution >= 0.6 is 11.6 Å². The van der Waals surface area contributed by atoms with Crippen LogP contribution < -0.4 is 10.1 Å². The van der Waals surface area contributed by atoms with Gasteiger partial charge in [0.25, 0.3) is 5.91 Å². The normalized spacial score (nSPS) is 14.7. The van der Waals surface area contributed by atoms with Crippen molar-refractivity contribution in [3.8, 4) is 5.75 Å². The number of ether oxygens (including phenoxy) is 1. The molecule has 0 radical (unpaired) electrons. The second-order valence-corrected chi connectivity index (χ2v) is 11.9. The van der Waals surface area contributed by atoms with Crippen molar-refractivity contribution in [2.75, 3.05) is 0 Å². The number of carbonyl (C=O) groups is 2. The van der Waals surface area contributed by atoms with Crippen molar-refractivity contribution in [3.05, 3.63) is 99.2 Å². The Balaban J connectivity index is 1.38. The van der Waals surface area contributed by atoms with Crippen LogP contribution in [0.2, 0.25) is 5.02 Å². The monoisotopic (exact) mass is 572 g/mol. The van der Waals surface area contributed by atoms with E-state index in [1.54, 1.807) is 12.1 Å². The van der Waals surface area contributed by atoms with Gasteiger partial charge in [0.2, 0.25) is 0 Å². The summed E-state index contributed by atoms with van der Waals surface area (Å²) in [6.45, 7) is 10.9. The number of benzene rings is 3. The molecule has 2 N–H and O–H groups in total. The fraction of sp³-hybridized carbons (Fsp3) is 0.353. The maximum atomic E-state index is 13.3. The van der Waals surface area contributed by atoms with Crippen LogP contribution in [0.4, 0.5) is 0 Å². The Kier molecular flexibility index (Phi) is 8.14. The summed E-state index contributed by atoms with van der Waals surface area (Å²) < 4.78 is 8.04. The lowest BCUT2D eigenvalue weighted by atomic mass is 9.98. The molecule has 7 heteroatoms. The molecule has 1 saturated carbocycles. The summed E-state index contributed by atoms with van der Waals surface area (Å²) in [5.41, 5.74) is 6.94. The predicted octanol–water partition coefficient (Wildman–Crippen LogP) is 7.82. The second kappa shape index (κ2) is 11.6. The lowest BCUT2D eigenvalue weighted by molar-refractivity contribution is -0.146. The topological polar surface area (TPSA) is 80.6 Å². The Morgan fingerprint density at radius 2 is 1.76 bits per heavy atom. The number of carboxylic acids is 1. The van der Waals surface area contributed by atoms with Gasteiger partial charge in [0.05, 0.1) is 6.04 Å². The number of aliphatic carboxylic acids is 1. The highest BCUT2D eigenvalue weighted by Gasteiger charge is 2.38. The standard InChI is InChI=1S/C34H37ClN2O4/c1-19(2)24-7-6-8-25(15-24)21(4)36-33(38)26-11-14-31-29(17-26)20(3)22(5)37(31)18-27-16-28(12-13-30(27)35)41-32(34(39)40)23-9-10-23/h6-8,11-17,19,21,23,32H,9-10,18H2,1-5H3,(H,36,38)(H,39,40)/t21-,32?/m0/s1. The number of amides is 1. The van der Waals surface area contributed by atoms with Crippen LogP contribution in [0.3, 0.4) is 0 Å². The second-order valence-electron chi connectivity index (χ2n) is 11.5. The first-order valence-corrected chi connectivity index (χ1v) is 14.6. The van der Waals surface area contributed by atoms with E-state index in [1.807, 2.05) is 43.3 Å². The summed E-state index contributed by atoms with van der Waals surface area (Å²) in [7, 11) is 0. The zero-order valence-electron chi connectivity index (χ0n) is 24.2. The van der Waals surface area contributed by atoms with Gasteiger partial charge in [-0.1, -0.05) is 49.7 Å². The molecule has 3 aromatic carbocycles. The van der Waals surface area contributed by atoms with Crippen LogP contribution in [0.5, 0.6) is 5.75 Å². The van der Waals surface area contributed by atoms with E-state index in [0.717, 1.165) is 46.1 Å². The number of carbonyl (C=O) groups excluding carboxylic acids is 1. The number of nitrogens with zero attached hydrogens (tertiary/aromatic N) is 1. The van der Waals surface area contributed by atoms with E-state index in [1.165, 1.54) is 5.56 Å². The Labute approximate surface area is 246 Å². The van der Waals surface area contributed by atoms with E-state index in [4.69, 9.17) is 16.3 Å². The Morgan fingerprint density at radius 3 is 2.44 bits per heavy atom. The van der Waals surface area contributed by atoms with E-state index < -0.39 is 12.1 Å². The van der Waals surface area contributed by atoms with Crippen molar-refractivity contribution in [1.82, 2.24) is 9.88 Å². The lowest BCUT2D eigenvalue weighted by Crippen LogP contribution is -2.29. The van der Waals surface area contributed by atoms with Crippen LogP contribution in [-0.4, -0.2) is 27.7 Å². The van der Waals surface area contributed by atoms with Gasteiger partial charge in [-0.25, -0.2) is 4.79 Å². The number of aromatic nitrogens is 1. The van der Waals surface area contributed by atoms with E-state index in [0.29, 0.717) is 28.8 Å². The molecular weight excluding hydrogens is 536 g/mol. The minimum Gasteiger partial charge on any atom is -0.478 e. The third-order valence-electron chi connectivity index (χ3n) is 8.23. The highest BCUT2D eigenvalue weighted by molar-refractivity contribution is 6.31. The molecule has 41 heavy (non-hydrogen) atoms. The summed E-state index contributed by atoms with van der Waals surface area (Å²) in [4.78, 5) is 24.9. The Morgan fingerprint density at radius 1 is 1.02 bits per heavy atom. The van der Waals surface area contributed by atoms with Gasteiger partial charge in [-0.3, -0.25) is 4.79 Å². The fourth-order valence-electron chi connectivity index (χ4n) is 5.36. The molecule has 1 aliphatic rings. The molecular formula is C34H37ClN2O4. The zero-order chi connectivity index (χ0) is 29.4. The van der Waals surface area contributed by atoms with Crippen LogP contribution in [0.1, 0.15) is 83.9 Å². The lowest BCUT2D eigenvalue weighted by Gasteiger charge is -2.17. The Hall–Kier alpha value is -3.77. The molecule has 0 bridgehead atoms. The first kappa shape index (κ1) is 28.7. The smallest absolute Gasteiger partial charge is 0.345 e. The van der Waals surface area contributed by atoms with Gasteiger partial charge in [0, 0.05) is 39.6 Å². The average Bonchev–Trinajstić information content (AvgIpc) is 3.76. The maximum Gasteiger partial charge on any atom is 0.345 e. The van der Waals surface area contributed by atoms with Crippen LogP contribution in [0.15, 0.2) is 60.7 Å². The summed E-state index contributed by atoms with van der Waals surface area (Å²) in [6.07, 6.45) is 0.900. The molecule has 1 unspecified atom stereocenters. The molecule has 5 rings (SSSR count). The van der Waals surface area contributed by atoms with E-state index in [9.17, 15) is 14.7 Å². The van der Waals surface area contributed by atoms with Crippen molar-refractivity contribution in [1.29, 1.82) is 0 Å². The number of aryl methyl sites for hydroxylation is 1. The van der Waals surface area contributed by atoms with Crippen LogP contribution in [0.25, 0.3) is 10.9 Å². The van der Waals surface area contributed by atoms with Crippen molar-refractivity contribution < 1.29 is 19.4 Å². The molecule has 0 saturated heterocycles. The van der Waals surface area contributed by atoms with Crippen LogP contribution in [-0.2, 0) is 11.3 Å². The Bertz CT molecular complexity index is 1620. The number of rotatable bonds is 10. The molecule has 4 aromatic rings. The molecule has 1 fully saturated rings. The largest absolute Gasteiger partial charge is 0.478 e. The van der Waals surface area contributed by atoms with E-state index >= 15 is 0 Å². The van der Waals surface area contributed by atoms with Gasteiger partial charge in [-0.2, -0.15) is 0 Å². The number of fused-ring (bicyclic) bond motifs is 1. The van der Waals surface area contributed by atoms with Gasteiger partial charge in [-0.15, -0.1) is 0 Å². The van der Waals surface area contributed by atoms with Crippen molar-refractivity contribution in [2.24, 2.45) is 5.92 Å². The van der Waals surface area contributed by atoms with E-state index in [-0.39, 0.29) is 17.9 Å². The quantitative estimate of drug-likeness (QED) is 0.203. The molecule has 2 atom stereocenters. The zero-order valence-corrected chi connectivity index (χ0v) is 25.0. The minimum atomic E-state index is -0.940. The summed E-state index contributed by atoms with van der Waals surface area (Å²) in [6, 6.07) is 19.3. The first-order chi connectivity index (χ1) is 19.5. The highest BCUT2D eigenvalue weighted by atomic mass is 35.5. The number of carboxylic acid groups (broad SMARTS) is 1. The molecule has 1 aromatic heterocycles. The van der Waals surface area contributed by atoms with Gasteiger partial charge in [-0.05, 0) is 98.2 Å². The number of nitrogens with one attached hydrogen (secondary N) is 1. The first-order valence-electron chi connectivity index (χ1n) is 14.2. The molecule has 0 spiro atoms. The summed E-state index contributed by atoms with van der Waals surface area (Å²) >= 11 is 6.58. The van der Waals surface area contributed by atoms with Crippen molar-refractivity contribution in [3.63, 3.8) is 0 Å². The van der Waals surface area contributed by atoms with Gasteiger partial charge in [0.15, 0.2) is 6.10 Å². The minimum absolute atomic E-state index is 0.0597. The third kappa shape index (κ3) is 6.13. The van der Waals surface area contributed by atoms with Gasteiger partial charge >= 0.3 is 5.97 Å². The molecule has 1 aliphatic carbocycles. The molecule has 214 valence electrons. The van der Waals surface area contributed by atoms with Gasteiger partial charge in [0.1, 0.15) is 5.75 Å². The maximum absolute atomic E-state index is 13.3.